The summed E-state index contributed by atoms with van der Waals surface area (Å²) in [6, 6.07) is 0. The van der Waals surface area contributed by atoms with E-state index in [0.29, 0.717) is 25.1 Å². The van der Waals surface area contributed by atoms with Crippen molar-refractivity contribution in [2.75, 3.05) is 34.9 Å². The minimum atomic E-state index is -1.34. The third kappa shape index (κ3) is 1.72. The van der Waals surface area contributed by atoms with Crippen LogP contribution in [0, 0.1) is 10.8 Å². The van der Waals surface area contributed by atoms with E-state index in [9.17, 15) is 14.7 Å². The van der Waals surface area contributed by atoms with Crippen LogP contribution in [0.25, 0.3) is 0 Å². The summed E-state index contributed by atoms with van der Waals surface area (Å²) in [5.74, 6) is 0.236. The first-order valence-electron chi connectivity index (χ1n) is 8.97. The van der Waals surface area contributed by atoms with Crippen molar-refractivity contribution >= 4 is 23.2 Å². The fourth-order valence-electron chi connectivity index (χ4n) is 6.42. The number of carbonyl (C=O) groups is 2. The average Bonchev–Trinajstić information content (AvgIpc) is 3.15. The predicted molar refractivity (Wildman–Crippen MR) is 95.9 cm³/mol. The van der Waals surface area contributed by atoms with Gasteiger partial charge in [-0.25, -0.2) is 0 Å². The number of carbonyl (C=O) groups excluding carboxylic acids is 2. The topological polar surface area (TPSA) is 85.3 Å². The van der Waals surface area contributed by atoms with Gasteiger partial charge in [0.05, 0.1) is 37.7 Å². The molecule has 3 aliphatic carbocycles. The number of halogens is 1. The zero-order valence-electron chi connectivity index (χ0n) is 15.9. The lowest BCUT2D eigenvalue weighted by molar-refractivity contribution is -0.148. The van der Waals surface area contributed by atoms with Crippen LogP contribution in [0.4, 0.5) is 0 Å². The molecule has 5 atom stereocenters. The van der Waals surface area contributed by atoms with Crippen LogP contribution in [0.5, 0.6) is 0 Å². The summed E-state index contributed by atoms with van der Waals surface area (Å²) in [4.78, 5) is 28.4. The van der Waals surface area contributed by atoms with Gasteiger partial charge in [0.1, 0.15) is 11.9 Å². The molecule has 0 amide bonds. The Morgan fingerprint density at radius 1 is 1.22 bits per heavy atom. The van der Waals surface area contributed by atoms with Crippen LogP contribution in [-0.2, 0) is 23.8 Å². The first kappa shape index (κ1) is 18.8. The molecule has 0 aromatic carbocycles. The van der Waals surface area contributed by atoms with E-state index >= 15 is 0 Å². The number of aliphatic hydroxyl groups excluding tert-OH is 1. The summed E-state index contributed by atoms with van der Waals surface area (Å²) in [5.41, 5.74) is -3.05. The van der Waals surface area contributed by atoms with Crippen LogP contribution >= 0.6 is 11.6 Å². The third-order valence-corrected chi connectivity index (χ3v) is 7.90. The standard InChI is InChI=1S/C19H24ClNO6/c1-21-6-5-17-8-10(22)14(26-3)16(27-4)18(17,21)9-12(20)19(17)13(23)7-11(25-2)15(19)24/h7,12,15,24H,5-6,8-9H2,1-4H3/t12-,15-,17+,18+,19?/m0/s1. The monoisotopic (exact) mass is 397 g/mol. The Kier molecular flexibility index (Phi) is 3.98. The van der Waals surface area contributed by atoms with Crippen molar-refractivity contribution in [3.05, 3.63) is 23.4 Å². The van der Waals surface area contributed by atoms with Gasteiger partial charge in [-0.2, -0.15) is 0 Å². The van der Waals surface area contributed by atoms with Gasteiger partial charge in [-0.3, -0.25) is 14.5 Å². The molecule has 4 rings (SSSR count). The van der Waals surface area contributed by atoms with E-state index in [4.69, 9.17) is 25.8 Å². The highest BCUT2D eigenvalue weighted by atomic mass is 35.5. The Labute approximate surface area is 162 Å². The summed E-state index contributed by atoms with van der Waals surface area (Å²) < 4.78 is 16.4. The average molecular weight is 398 g/mol. The smallest absolute Gasteiger partial charge is 0.201 e. The molecule has 1 saturated carbocycles. The number of aliphatic hydroxyl groups is 1. The Balaban J connectivity index is 2.04. The number of likely N-dealkylation sites (N-methyl/N-ethyl adjacent to an activating group) is 1. The maximum atomic E-state index is 13.3. The fourth-order valence-corrected chi connectivity index (χ4v) is 7.08. The number of likely N-dealkylation sites (tertiary alicyclic amines) is 1. The number of hydrogen-bond donors (Lipinski definition) is 1. The van der Waals surface area contributed by atoms with Gasteiger partial charge in [-0.15, -0.1) is 11.6 Å². The number of alkyl halides is 1. The van der Waals surface area contributed by atoms with Crippen molar-refractivity contribution in [2.24, 2.45) is 10.8 Å². The molecule has 1 aliphatic heterocycles. The number of Topliss-reactive ketones (excluding diaryl/α,β-unsaturated/α-hetero) is 1. The number of ether oxygens (including phenoxy) is 3. The lowest BCUT2D eigenvalue weighted by Gasteiger charge is -2.53. The molecule has 4 aliphatic rings. The molecule has 1 unspecified atom stereocenters. The lowest BCUT2D eigenvalue weighted by Crippen LogP contribution is -2.63. The summed E-state index contributed by atoms with van der Waals surface area (Å²) in [5, 5.41) is 10.5. The summed E-state index contributed by atoms with van der Waals surface area (Å²) >= 11 is 6.85. The Hall–Kier alpha value is -1.57. The fraction of sp³-hybridized carbons (Fsp3) is 0.684. The van der Waals surface area contributed by atoms with Crippen molar-refractivity contribution in [1.82, 2.24) is 4.90 Å². The molecule has 7 nitrogen and oxygen atoms in total. The molecular formula is C19H24ClNO6. The van der Waals surface area contributed by atoms with Crippen molar-refractivity contribution in [3.63, 3.8) is 0 Å². The van der Waals surface area contributed by atoms with E-state index in [1.807, 2.05) is 7.05 Å². The summed E-state index contributed by atoms with van der Waals surface area (Å²) in [7, 11) is 6.29. The molecule has 0 radical (unpaired) electrons. The number of methoxy groups -OCH3 is 3. The SMILES string of the molecule is COC1=CC(=O)C2([C@@H](Cl)C[C@@]34C(OC)=C(OC)C(=O)C[C@@]23CCN4C)[C@H]1O. The summed E-state index contributed by atoms with van der Waals surface area (Å²) in [6.45, 7) is 0.644. The van der Waals surface area contributed by atoms with Gasteiger partial charge < -0.3 is 19.3 Å². The molecule has 1 saturated heterocycles. The second-order valence-corrected chi connectivity index (χ2v) is 8.37. The molecule has 2 fully saturated rings. The van der Waals surface area contributed by atoms with Gasteiger partial charge in [0.25, 0.3) is 0 Å². The van der Waals surface area contributed by atoms with Crippen molar-refractivity contribution in [3.8, 4) is 0 Å². The van der Waals surface area contributed by atoms with Gasteiger partial charge in [0, 0.05) is 17.9 Å². The first-order chi connectivity index (χ1) is 12.8. The van der Waals surface area contributed by atoms with Crippen LogP contribution in [0.2, 0.25) is 0 Å². The quantitative estimate of drug-likeness (QED) is 0.711. The van der Waals surface area contributed by atoms with Gasteiger partial charge in [0.2, 0.25) is 11.5 Å². The van der Waals surface area contributed by atoms with Gasteiger partial charge >= 0.3 is 0 Å². The normalized spacial score (nSPS) is 43.9. The Morgan fingerprint density at radius 2 is 1.93 bits per heavy atom. The highest BCUT2D eigenvalue weighted by molar-refractivity contribution is 6.25. The lowest BCUT2D eigenvalue weighted by atomic mass is 9.52. The molecule has 27 heavy (non-hydrogen) atoms. The van der Waals surface area contributed by atoms with Gasteiger partial charge in [-0.1, -0.05) is 0 Å². The van der Waals surface area contributed by atoms with E-state index in [-0.39, 0.29) is 29.5 Å². The van der Waals surface area contributed by atoms with Crippen molar-refractivity contribution in [1.29, 1.82) is 0 Å². The first-order valence-corrected chi connectivity index (χ1v) is 9.41. The number of hydrogen-bond acceptors (Lipinski definition) is 7. The largest absolute Gasteiger partial charge is 0.498 e. The van der Waals surface area contributed by atoms with E-state index in [0.717, 1.165) is 0 Å². The number of rotatable bonds is 3. The van der Waals surface area contributed by atoms with Crippen LogP contribution in [0.15, 0.2) is 23.4 Å². The maximum absolute atomic E-state index is 13.3. The minimum Gasteiger partial charge on any atom is -0.498 e. The molecule has 148 valence electrons. The number of allylic oxidation sites excluding steroid dienone is 2. The van der Waals surface area contributed by atoms with Crippen molar-refractivity contribution < 1.29 is 28.9 Å². The van der Waals surface area contributed by atoms with Crippen LogP contribution in [-0.4, -0.2) is 73.5 Å². The summed E-state index contributed by atoms with van der Waals surface area (Å²) in [6.07, 6.45) is 1.08. The van der Waals surface area contributed by atoms with Crippen LogP contribution in [0.3, 0.4) is 0 Å². The highest BCUT2D eigenvalue weighted by Crippen LogP contribution is 2.74. The van der Waals surface area contributed by atoms with Gasteiger partial charge in [-0.05, 0) is 26.4 Å². The number of ketones is 2. The third-order valence-electron chi connectivity index (χ3n) is 7.40. The molecular weight excluding hydrogens is 374 g/mol. The predicted octanol–water partition coefficient (Wildman–Crippen LogP) is 0.996. The zero-order valence-corrected chi connectivity index (χ0v) is 16.6. The highest BCUT2D eigenvalue weighted by Gasteiger charge is 2.83. The molecule has 8 heteroatoms. The van der Waals surface area contributed by atoms with Crippen LogP contribution in [0.1, 0.15) is 19.3 Å². The maximum Gasteiger partial charge on any atom is 0.201 e. The molecule has 0 aromatic heterocycles. The van der Waals surface area contributed by atoms with E-state index < -0.39 is 27.8 Å². The minimum absolute atomic E-state index is 0.0597. The van der Waals surface area contributed by atoms with Gasteiger partial charge in [0.15, 0.2) is 11.5 Å². The Bertz CT molecular complexity index is 793. The molecule has 1 heterocycles. The van der Waals surface area contributed by atoms with Crippen molar-refractivity contribution in [2.45, 2.75) is 36.3 Å². The molecule has 0 aromatic rings. The molecule has 1 N–H and O–H groups in total. The second-order valence-electron chi connectivity index (χ2n) is 7.84. The van der Waals surface area contributed by atoms with E-state index in [1.165, 1.54) is 27.4 Å². The molecule has 1 spiro atoms. The number of nitrogens with zero attached hydrogens (tertiary/aromatic N) is 1. The van der Waals surface area contributed by atoms with Crippen LogP contribution < -0.4 is 0 Å². The molecule has 0 bridgehead atoms. The zero-order chi connectivity index (χ0) is 19.8. The Morgan fingerprint density at radius 3 is 2.48 bits per heavy atom. The second kappa shape index (κ2) is 5.72. The van der Waals surface area contributed by atoms with E-state index in [1.54, 1.807) is 0 Å². The van der Waals surface area contributed by atoms with E-state index in [2.05, 4.69) is 4.90 Å².